The molecule has 0 saturated carbocycles. The highest BCUT2D eigenvalue weighted by Gasteiger charge is 2.23. The minimum Gasteiger partial charge on any atom is -0.396 e. The molecule has 9 heteroatoms. The van der Waals surface area contributed by atoms with Crippen molar-refractivity contribution >= 4 is 44.6 Å². The van der Waals surface area contributed by atoms with Crippen LogP contribution in [0.5, 0.6) is 0 Å². The van der Waals surface area contributed by atoms with Gasteiger partial charge in [-0.05, 0) is 30.7 Å². The van der Waals surface area contributed by atoms with Crippen LogP contribution in [0, 0.1) is 12.7 Å². The van der Waals surface area contributed by atoms with Gasteiger partial charge in [0.05, 0.1) is 11.4 Å². The van der Waals surface area contributed by atoms with Crippen LogP contribution in [-0.4, -0.2) is 13.4 Å². The monoisotopic (exact) mass is 349 g/mol. The minimum atomic E-state index is -4.24. The number of hydrogen-bond donors (Lipinski definition) is 2. The van der Waals surface area contributed by atoms with Gasteiger partial charge in [-0.1, -0.05) is 23.2 Å². The molecule has 0 unspecified atom stereocenters. The maximum Gasteiger partial charge on any atom is 0.265 e. The Bertz CT molecular complexity index is 812. The van der Waals surface area contributed by atoms with Crippen LogP contribution < -0.4 is 10.5 Å². The maximum absolute atomic E-state index is 13.9. The molecule has 5 nitrogen and oxygen atoms in total. The lowest BCUT2D eigenvalue weighted by Gasteiger charge is -2.11. The number of aryl methyl sites for hydroxylation is 1. The van der Waals surface area contributed by atoms with E-state index in [0.717, 1.165) is 12.1 Å². The number of anilines is 2. The van der Waals surface area contributed by atoms with Crippen molar-refractivity contribution in [2.24, 2.45) is 0 Å². The molecule has 0 fully saturated rings. The Hall–Kier alpha value is -1.57. The molecule has 1 aromatic heterocycles. The van der Waals surface area contributed by atoms with Crippen LogP contribution in [0.1, 0.15) is 5.56 Å². The van der Waals surface area contributed by atoms with E-state index in [9.17, 15) is 12.8 Å². The van der Waals surface area contributed by atoms with Gasteiger partial charge in [-0.2, -0.15) is 0 Å². The molecule has 1 aromatic carbocycles. The van der Waals surface area contributed by atoms with Crippen LogP contribution >= 0.6 is 23.2 Å². The van der Waals surface area contributed by atoms with Gasteiger partial charge < -0.3 is 5.73 Å². The van der Waals surface area contributed by atoms with Crippen LogP contribution in [-0.2, 0) is 10.0 Å². The smallest absolute Gasteiger partial charge is 0.265 e. The highest BCUT2D eigenvalue weighted by Crippen LogP contribution is 2.28. The summed E-state index contributed by atoms with van der Waals surface area (Å²) in [6.07, 6.45) is 1.47. The summed E-state index contributed by atoms with van der Waals surface area (Å²) in [5, 5.41) is -0.0534. The van der Waals surface area contributed by atoms with Crippen molar-refractivity contribution in [3.8, 4) is 0 Å². The number of nitrogens with zero attached hydrogens (tertiary/aromatic N) is 1. The number of aromatic nitrogens is 1. The molecule has 21 heavy (non-hydrogen) atoms. The van der Waals surface area contributed by atoms with Gasteiger partial charge in [0.1, 0.15) is 4.90 Å². The number of rotatable bonds is 3. The third kappa shape index (κ3) is 3.37. The van der Waals surface area contributed by atoms with Gasteiger partial charge in [0.15, 0.2) is 11.0 Å². The molecule has 0 aliphatic rings. The predicted octanol–water partition coefficient (Wildman–Crippen LogP) is 3.22. The normalized spacial score (nSPS) is 11.4. The summed E-state index contributed by atoms with van der Waals surface area (Å²) in [5.41, 5.74) is 5.73. The van der Waals surface area contributed by atoms with Crippen molar-refractivity contribution < 1.29 is 12.8 Å². The minimum absolute atomic E-state index is 0.00254. The Morgan fingerprint density at radius 2 is 1.95 bits per heavy atom. The van der Waals surface area contributed by atoms with E-state index in [0.29, 0.717) is 5.56 Å². The van der Waals surface area contributed by atoms with Gasteiger partial charge in [-0.3, -0.25) is 4.72 Å². The third-order valence-electron chi connectivity index (χ3n) is 2.54. The summed E-state index contributed by atoms with van der Waals surface area (Å²) < 4.78 is 40.5. The number of nitrogens with two attached hydrogens (primary N) is 1. The van der Waals surface area contributed by atoms with E-state index in [1.807, 2.05) is 0 Å². The van der Waals surface area contributed by atoms with E-state index in [1.165, 1.54) is 12.3 Å². The quantitative estimate of drug-likeness (QED) is 0.658. The fraction of sp³-hybridized carbons (Fsp3) is 0.0833. The van der Waals surface area contributed by atoms with E-state index in [2.05, 4.69) is 9.71 Å². The second kappa shape index (κ2) is 5.67. The highest BCUT2D eigenvalue weighted by atomic mass is 35.5. The number of nitrogens with one attached hydrogen (secondary N) is 1. The summed E-state index contributed by atoms with van der Waals surface area (Å²) in [7, 11) is -4.24. The first kappa shape index (κ1) is 15.8. The molecule has 0 bridgehead atoms. The van der Waals surface area contributed by atoms with Crippen molar-refractivity contribution in [1.82, 2.24) is 4.98 Å². The van der Waals surface area contributed by atoms with Crippen molar-refractivity contribution in [2.45, 2.75) is 11.8 Å². The highest BCUT2D eigenvalue weighted by molar-refractivity contribution is 7.92. The number of hydrogen-bond acceptors (Lipinski definition) is 4. The number of pyridine rings is 1. The lowest BCUT2D eigenvalue weighted by molar-refractivity contribution is 0.573. The first-order chi connectivity index (χ1) is 9.70. The molecular formula is C12H10Cl2FN3O2S. The maximum atomic E-state index is 13.9. The fourth-order valence-corrected chi connectivity index (χ4v) is 3.29. The van der Waals surface area contributed by atoms with Crippen molar-refractivity contribution in [1.29, 1.82) is 0 Å². The standard InChI is InChI=1S/C12H10Cl2FN3O2S/c1-6-2-9(12(14)17-5-6)18-21(19,20)10-4-7(13)3-8(16)11(10)15/h2-5,18H,16H2,1H3. The Morgan fingerprint density at radius 3 is 2.62 bits per heavy atom. The Labute approximate surface area is 130 Å². The molecule has 0 spiro atoms. The van der Waals surface area contributed by atoms with Gasteiger partial charge in [0.25, 0.3) is 10.0 Å². The predicted molar refractivity (Wildman–Crippen MR) is 80.6 cm³/mol. The molecule has 0 radical (unpaired) electrons. The van der Waals surface area contributed by atoms with E-state index in [-0.39, 0.29) is 21.6 Å². The first-order valence-electron chi connectivity index (χ1n) is 5.60. The number of sulfonamides is 1. The Balaban J connectivity index is 2.51. The van der Waals surface area contributed by atoms with Gasteiger partial charge in [0.2, 0.25) is 0 Å². The molecule has 0 aliphatic carbocycles. The zero-order valence-electron chi connectivity index (χ0n) is 10.7. The van der Waals surface area contributed by atoms with Gasteiger partial charge in [-0.15, -0.1) is 0 Å². The average molecular weight is 350 g/mol. The molecule has 1 heterocycles. The summed E-state index contributed by atoms with van der Waals surface area (Å²) in [5.74, 6) is -1.08. The van der Waals surface area contributed by atoms with Gasteiger partial charge in [-0.25, -0.2) is 17.8 Å². The molecule has 0 aliphatic heterocycles. The van der Waals surface area contributed by atoms with Crippen molar-refractivity contribution in [3.63, 3.8) is 0 Å². The van der Waals surface area contributed by atoms with E-state index < -0.39 is 20.7 Å². The number of nitrogen functional groups attached to an aromatic ring is 1. The van der Waals surface area contributed by atoms with Crippen LogP contribution in [0.25, 0.3) is 0 Å². The first-order valence-corrected chi connectivity index (χ1v) is 7.84. The third-order valence-corrected chi connectivity index (χ3v) is 4.43. The Kier molecular flexibility index (Phi) is 4.27. The number of halogens is 3. The summed E-state index contributed by atoms with van der Waals surface area (Å²) in [6.45, 7) is 1.71. The van der Waals surface area contributed by atoms with Crippen LogP contribution in [0.15, 0.2) is 29.3 Å². The van der Waals surface area contributed by atoms with Gasteiger partial charge >= 0.3 is 0 Å². The average Bonchev–Trinajstić information content (AvgIpc) is 2.37. The molecule has 3 N–H and O–H groups in total. The molecule has 0 atom stereocenters. The molecule has 2 aromatic rings. The molecule has 0 saturated heterocycles. The topological polar surface area (TPSA) is 85.1 Å². The summed E-state index contributed by atoms with van der Waals surface area (Å²) in [4.78, 5) is 3.15. The second-order valence-electron chi connectivity index (χ2n) is 4.26. The molecule has 112 valence electrons. The van der Waals surface area contributed by atoms with Crippen molar-refractivity contribution in [3.05, 3.63) is 46.0 Å². The lowest BCUT2D eigenvalue weighted by atomic mass is 10.3. The van der Waals surface area contributed by atoms with Crippen molar-refractivity contribution in [2.75, 3.05) is 10.5 Å². The zero-order chi connectivity index (χ0) is 15.8. The summed E-state index contributed by atoms with van der Waals surface area (Å²) in [6, 6.07) is 3.56. The van der Waals surface area contributed by atoms with Crippen LogP contribution in [0.3, 0.4) is 0 Å². The number of benzene rings is 1. The van der Waals surface area contributed by atoms with E-state index >= 15 is 0 Å². The van der Waals surface area contributed by atoms with Crippen LogP contribution in [0.4, 0.5) is 15.8 Å². The van der Waals surface area contributed by atoms with E-state index in [1.54, 1.807) is 6.92 Å². The fourth-order valence-electron chi connectivity index (χ4n) is 1.60. The molecule has 0 amide bonds. The molecule has 2 rings (SSSR count). The second-order valence-corrected chi connectivity index (χ2v) is 6.71. The zero-order valence-corrected chi connectivity index (χ0v) is 13.0. The SMILES string of the molecule is Cc1cnc(Cl)c(NS(=O)(=O)c2cc(Cl)cc(N)c2F)c1. The Morgan fingerprint density at radius 1 is 1.29 bits per heavy atom. The van der Waals surface area contributed by atoms with Crippen LogP contribution in [0.2, 0.25) is 10.2 Å². The lowest BCUT2D eigenvalue weighted by Crippen LogP contribution is -2.16. The van der Waals surface area contributed by atoms with E-state index in [4.69, 9.17) is 28.9 Å². The largest absolute Gasteiger partial charge is 0.396 e. The van der Waals surface area contributed by atoms with Gasteiger partial charge in [0, 0.05) is 11.2 Å². The summed E-state index contributed by atoms with van der Waals surface area (Å²) >= 11 is 11.5. The molecular weight excluding hydrogens is 340 g/mol.